The maximum Gasteiger partial charge on any atom is 0.251 e. The van der Waals surface area contributed by atoms with Crippen LogP contribution in [0.2, 0.25) is 0 Å². The van der Waals surface area contributed by atoms with Crippen molar-refractivity contribution in [3.05, 3.63) is 47.8 Å². The van der Waals surface area contributed by atoms with Crippen molar-refractivity contribution in [3.63, 3.8) is 0 Å². The second-order valence-electron chi connectivity index (χ2n) is 5.44. The van der Waals surface area contributed by atoms with Crippen LogP contribution in [0.3, 0.4) is 0 Å². The highest BCUT2D eigenvalue weighted by Crippen LogP contribution is 2.11. The zero-order valence-electron chi connectivity index (χ0n) is 14.6. The molecule has 2 amide bonds. The first kappa shape index (κ1) is 18.5. The maximum absolute atomic E-state index is 12.2. The number of carbonyl (C=O) groups excluding carboxylic acids is 2. The predicted molar refractivity (Wildman–Crippen MR) is 93.3 cm³/mol. The number of aryl methyl sites for hydroxylation is 1. The first-order valence-corrected chi connectivity index (χ1v) is 7.91. The molecule has 8 heteroatoms. The molecule has 0 saturated carbocycles. The number of likely N-dealkylation sites (N-methyl/N-ethyl adjacent to an activating group) is 1. The third-order valence-corrected chi connectivity index (χ3v) is 3.67. The molecule has 2 aromatic rings. The van der Waals surface area contributed by atoms with Crippen molar-refractivity contribution < 1.29 is 14.3 Å². The smallest absolute Gasteiger partial charge is 0.251 e. The van der Waals surface area contributed by atoms with Gasteiger partial charge < -0.3 is 20.7 Å². The second kappa shape index (κ2) is 8.84. The number of methoxy groups -OCH3 is 1. The number of ether oxygens (including phenoxy) is 1. The van der Waals surface area contributed by atoms with Crippen LogP contribution in [-0.4, -0.2) is 48.8 Å². The highest BCUT2D eigenvalue weighted by Gasteiger charge is 2.19. The molecule has 1 unspecified atom stereocenters. The summed E-state index contributed by atoms with van der Waals surface area (Å²) in [5.41, 5.74) is 1.32. The van der Waals surface area contributed by atoms with Crippen LogP contribution in [0.5, 0.6) is 5.75 Å². The minimum atomic E-state index is -0.481. The molecular formula is C17H23N5O3. The van der Waals surface area contributed by atoms with Crippen LogP contribution in [-0.2, 0) is 11.8 Å². The third kappa shape index (κ3) is 5.05. The highest BCUT2D eigenvalue weighted by molar-refractivity contribution is 5.94. The number of hydrogen-bond acceptors (Lipinski definition) is 5. The monoisotopic (exact) mass is 345 g/mol. The molecule has 1 aromatic heterocycles. The van der Waals surface area contributed by atoms with Crippen molar-refractivity contribution in [3.8, 4) is 5.75 Å². The van der Waals surface area contributed by atoms with E-state index in [1.54, 1.807) is 62.5 Å². The fraction of sp³-hybridized carbons (Fsp3) is 0.353. The van der Waals surface area contributed by atoms with Crippen LogP contribution in [0.25, 0.3) is 0 Å². The Morgan fingerprint density at radius 3 is 2.44 bits per heavy atom. The summed E-state index contributed by atoms with van der Waals surface area (Å²) >= 11 is 0. The Balaban J connectivity index is 1.77. The van der Waals surface area contributed by atoms with Gasteiger partial charge in [-0.3, -0.25) is 14.3 Å². The van der Waals surface area contributed by atoms with Crippen LogP contribution >= 0.6 is 0 Å². The van der Waals surface area contributed by atoms with Crippen LogP contribution in [0.1, 0.15) is 22.0 Å². The maximum atomic E-state index is 12.2. The van der Waals surface area contributed by atoms with Crippen LogP contribution < -0.4 is 20.7 Å². The number of rotatable bonds is 8. The van der Waals surface area contributed by atoms with E-state index in [-0.39, 0.29) is 11.8 Å². The van der Waals surface area contributed by atoms with E-state index in [1.165, 1.54) is 0 Å². The molecule has 0 aliphatic heterocycles. The number of nitrogens with zero attached hydrogens (tertiary/aromatic N) is 2. The van der Waals surface area contributed by atoms with Crippen molar-refractivity contribution in [1.82, 2.24) is 25.7 Å². The molecule has 0 spiro atoms. The van der Waals surface area contributed by atoms with Crippen molar-refractivity contribution in [2.75, 3.05) is 27.2 Å². The summed E-state index contributed by atoms with van der Waals surface area (Å²) in [6.07, 6.45) is 3.43. The number of hydrogen-bond donors (Lipinski definition) is 3. The summed E-state index contributed by atoms with van der Waals surface area (Å²) in [4.78, 5) is 24.2. The van der Waals surface area contributed by atoms with E-state index >= 15 is 0 Å². The standard InChI is InChI=1S/C17H23N5O3/c1-18-15(13-10-21-22(2)11-13)17(24)20-9-8-19-16(23)12-4-6-14(25-3)7-5-12/h4-7,10-11,15,18H,8-9H2,1-3H3,(H,19,23)(H,20,24). The molecule has 0 bridgehead atoms. The first-order valence-electron chi connectivity index (χ1n) is 7.91. The Kier molecular flexibility index (Phi) is 6.53. The van der Waals surface area contributed by atoms with Crippen molar-refractivity contribution in [1.29, 1.82) is 0 Å². The van der Waals surface area contributed by atoms with Crippen molar-refractivity contribution in [2.24, 2.45) is 7.05 Å². The summed E-state index contributed by atoms with van der Waals surface area (Å²) in [7, 11) is 5.08. The Labute approximate surface area is 146 Å². The van der Waals surface area contributed by atoms with Crippen LogP contribution in [0, 0.1) is 0 Å². The summed E-state index contributed by atoms with van der Waals surface area (Å²) in [5, 5.41) is 12.6. The molecule has 0 aliphatic rings. The predicted octanol–water partition coefficient (Wildman–Crippen LogP) is 0.235. The van der Waals surface area contributed by atoms with Gasteiger partial charge in [-0.05, 0) is 31.3 Å². The van der Waals surface area contributed by atoms with Gasteiger partial charge in [-0.25, -0.2) is 0 Å². The molecule has 0 saturated heterocycles. The van der Waals surface area contributed by atoms with E-state index in [1.807, 2.05) is 0 Å². The summed E-state index contributed by atoms with van der Waals surface area (Å²) in [6, 6.07) is 6.34. The van der Waals surface area contributed by atoms with Gasteiger partial charge in [0.2, 0.25) is 5.91 Å². The molecular weight excluding hydrogens is 322 g/mol. The Morgan fingerprint density at radius 1 is 1.20 bits per heavy atom. The fourth-order valence-corrected chi connectivity index (χ4v) is 2.35. The second-order valence-corrected chi connectivity index (χ2v) is 5.44. The van der Waals surface area contributed by atoms with E-state index in [2.05, 4.69) is 21.0 Å². The summed E-state index contributed by atoms with van der Waals surface area (Å²) in [6.45, 7) is 0.666. The average Bonchev–Trinajstić information content (AvgIpc) is 3.05. The third-order valence-electron chi connectivity index (χ3n) is 3.67. The lowest BCUT2D eigenvalue weighted by atomic mass is 10.1. The molecule has 1 aromatic carbocycles. The van der Waals surface area contributed by atoms with Gasteiger partial charge in [-0.2, -0.15) is 5.10 Å². The molecule has 0 fully saturated rings. The molecule has 0 aliphatic carbocycles. The van der Waals surface area contributed by atoms with Gasteiger partial charge in [0.25, 0.3) is 5.91 Å². The van der Waals surface area contributed by atoms with Crippen molar-refractivity contribution >= 4 is 11.8 Å². The van der Waals surface area contributed by atoms with E-state index < -0.39 is 6.04 Å². The lowest BCUT2D eigenvalue weighted by Gasteiger charge is -2.14. The zero-order chi connectivity index (χ0) is 18.2. The Bertz CT molecular complexity index is 711. The van der Waals surface area contributed by atoms with E-state index in [0.29, 0.717) is 24.4 Å². The van der Waals surface area contributed by atoms with Crippen LogP contribution in [0.4, 0.5) is 0 Å². The van der Waals surface area contributed by atoms with E-state index in [9.17, 15) is 9.59 Å². The molecule has 3 N–H and O–H groups in total. The molecule has 1 atom stereocenters. The lowest BCUT2D eigenvalue weighted by molar-refractivity contribution is -0.123. The minimum absolute atomic E-state index is 0.172. The number of benzene rings is 1. The Hall–Kier alpha value is -2.87. The molecule has 134 valence electrons. The van der Waals surface area contributed by atoms with Gasteiger partial charge in [-0.1, -0.05) is 0 Å². The number of aromatic nitrogens is 2. The van der Waals surface area contributed by atoms with E-state index in [4.69, 9.17) is 4.74 Å². The summed E-state index contributed by atoms with van der Waals surface area (Å²) < 4.78 is 6.69. The van der Waals surface area contributed by atoms with Gasteiger partial charge in [0.1, 0.15) is 11.8 Å². The quantitative estimate of drug-likeness (QED) is 0.595. The normalized spacial score (nSPS) is 11.6. The van der Waals surface area contributed by atoms with Crippen molar-refractivity contribution in [2.45, 2.75) is 6.04 Å². The largest absolute Gasteiger partial charge is 0.497 e. The summed E-state index contributed by atoms with van der Waals surface area (Å²) in [5.74, 6) is 0.320. The molecule has 2 rings (SSSR count). The molecule has 0 radical (unpaired) electrons. The SMILES string of the molecule is CNC(C(=O)NCCNC(=O)c1ccc(OC)cc1)c1cnn(C)c1. The molecule has 25 heavy (non-hydrogen) atoms. The van der Waals surface area contributed by atoms with E-state index in [0.717, 1.165) is 5.56 Å². The lowest BCUT2D eigenvalue weighted by Crippen LogP contribution is -2.40. The number of carbonyl (C=O) groups is 2. The fourth-order valence-electron chi connectivity index (χ4n) is 2.35. The minimum Gasteiger partial charge on any atom is -0.497 e. The Morgan fingerprint density at radius 2 is 1.88 bits per heavy atom. The molecule has 1 heterocycles. The van der Waals surface area contributed by atoms with Gasteiger partial charge in [0.15, 0.2) is 0 Å². The van der Waals surface area contributed by atoms with Gasteiger partial charge >= 0.3 is 0 Å². The van der Waals surface area contributed by atoms with Gasteiger partial charge in [0, 0.05) is 37.5 Å². The van der Waals surface area contributed by atoms with Gasteiger partial charge in [0.05, 0.1) is 13.3 Å². The van der Waals surface area contributed by atoms with Gasteiger partial charge in [-0.15, -0.1) is 0 Å². The zero-order valence-corrected chi connectivity index (χ0v) is 14.6. The number of amides is 2. The van der Waals surface area contributed by atoms with Crippen LogP contribution in [0.15, 0.2) is 36.7 Å². The topological polar surface area (TPSA) is 97.3 Å². The molecule has 8 nitrogen and oxygen atoms in total. The first-order chi connectivity index (χ1) is 12.0. The average molecular weight is 345 g/mol. The highest BCUT2D eigenvalue weighted by atomic mass is 16.5. The number of nitrogens with one attached hydrogen (secondary N) is 3.